The smallest absolute Gasteiger partial charge is 0.0999 e. The molecule has 0 atom stereocenters. The summed E-state index contributed by atoms with van der Waals surface area (Å²) in [6.07, 6.45) is 0. The van der Waals surface area contributed by atoms with E-state index in [1.54, 1.807) is 12.1 Å². The first-order valence-corrected chi connectivity index (χ1v) is 7.61. The molecule has 0 unspecified atom stereocenters. The molecule has 3 N–H and O–H groups in total. The largest absolute Gasteiger partial charge is 0.398 e. The molecular weight excluding hydrogens is 306 g/mol. The number of hydrazone groups is 1. The summed E-state index contributed by atoms with van der Waals surface area (Å²) in [5.74, 6) is 0. The number of rotatable bonds is 4. The monoisotopic (exact) mass is 321 g/mol. The van der Waals surface area contributed by atoms with Gasteiger partial charge in [-0.2, -0.15) is 5.10 Å². The fourth-order valence-corrected chi connectivity index (χ4v) is 2.42. The van der Waals surface area contributed by atoms with E-state index >= 15 is 0 Å². The molecule has 3 aromatic carbocycles. The van der Waals surface area contributed by atoms with Gasteiger partial charge in [0.2, 0.25) is 0 Å². The molecule has 114 valence electrons. The van der Waals surface area contributed by atoms with Crippen molar-refractivity contribution in [3.8, 4) is 0 Å². The molecule has 0 aliphatic rings. The van der Waals surface area contributed by atoms with Crippen LogP contribution in [-0.4, -0.2) is 5.71 Å². The number of nitrogens with two attached hydrogens (primary N) is 1. The summed E-state index contributed by atoms with van der Waals surface area (Å²) < 4.78 is 0. The molecule has 0 aliphatic carbocycles. The number of nitrogens with one attached hydrogen (secondary N) is 1. The minimum Gasteiger partial charge on any atom is -0.398 e. The number of benzene rings is 3. The lowest BCUT2D eigenvalue weighted by Gasteiger charge is -2.11. The minimum atomic E-state index is 0.623. The standard InChI is InChI=1S/C19H16ClN3/c20-15-11-12-18(21)17(13-15)19(14-7-3-1-4-8-14)23-22-16-9-5-2-6-10-16/h1-13,22H,21H2/b23-19-. The van der Waals surface area contributed by atoms with E-state index in [9.17, 15) is 0 Å². The normalized spacial score (nSPS) is 11.3. The first kappa shape index (κ1) is 15.1. The molecule has 3 aromatic rings. The topological polar surface area (TPSA) is 50.4 Å². The van der Waals surface area contributed by atoms with Crippen LogP contribution in [0.3, 0.4) is 0 Å². The van der Waals surface area contributed by atoms with Gasteiger partial charge in [-0.15, -0.1) is 0 Å². The van der Waals surface area contributed by atoms with Gasteiger partial charge in [-0.25, -0.2) is 0 Å². The molecule has 0 heterocycles. The number of anilines is 2. The third-order valence-electron chi connectivity index (χ3n) is 3.39. The zero-order valence-electron chi connectivity index (χ0n) is 12.4. The molecule has 0 aromatic heterocycles. The van der Waals surface area contributed by atoms with Crippen molar-refractivity contribution in [1.29, 1.82) is 0 Å². The van der Waals surface area contributed by atoms with Crippen LogP contribution in [0.25, 0.3) is 0 Å². The molecule has 4 heteroatoms. The van der Waals surface area contributed by atoms with Gasteiger partial charge in [-0.1, -0.05) is 60.1 Å². The maximum atomic E-state index is 6.13. The second kappa shape index (κ2) is 6.99. The Kier molecular flexibility index (Phi) is 4.60. The highest BCUT2D eigenvalue weighted by Crippen LogP contribution is 2.22. The lowest BCUT2D eigenvalue weighted by molar-refractivity contribution is 1.32. The highest BCUT2D eigenvalue weighted by Gasteiger charge is 2.11. The van der Waals surface area contributed by atoms with Crippen molar-refractivity contribution in [2.75, 3.05) is 11.2 Å². The van der Waals surface area contributed by atoms with E-state index in [0.29, 0.717) is 10.7 Å². The number of hydrogen-bond acceptors (Lipinski definition) is 3. The SMILES string of the molecule is Nc1ccc(Cl)cc1/C(=N\Nc1ccccc1)c1ccccc1. The van der Waals surface area contributed by atoms with Crippen LogP contribution in [0, 0.1) is 0 Å². The second-order valence-corrected chi connectivity index (χ2v) is 5.47. The van der Waals surface area contributed by atoms with Gasteiger partial charge in [0.1, 0.15) is 0 Å². The van der Waals surface area contributed by atoms with Crippen LogP contribution in [0.2, 0.25) is 5.02 Å². The van der Waals surface area contributed by atoms with E-state index in [2.05, 4.69) is 10.5 Å². The zero-order valence-corrected chi connectivity index (χ0v) is 13.2. The van der Waals surface area contributed by atoms with Crippen molar-refractivity contribution < 1.29 is 0 Å². The Balaban J connectivity index is 2.05. The highest BCUT2D eigenvalue weighted by atomic mass is 35.5. The van der Waals surface area contributed by atoms with Crippen LogP contribution in [-0.2, 0) is 0 Å². The van der Waals surface area contributed by atoms with Gasteiger partial charge >= 0.3 is 0 Å². The van der Waals surface area contributed by atoms with Crippen molar-refractivity contribution in [3.63, 3.8) is 0 Å². The van der Waals surface area contributed by atoms with Crippen LogP contribution in [0.15, 0.2) is 84.0 Å². The van der Waals surface area contributed by atoms with E-state index < -0.39 is 0 Å². The zero-order chi connectivity index (χ0) is 16.1. The fraction of sp³-hybridized carbons (Fsp3) is 0. The lowest BCUT2D eigenvalue weighted by atomic mass is 10.0. The van der Waals surface area contributed by atoms with E-state index in [1.165, 1.54) is 0 Å². The summed E-state index contributed by atoms with van der Waals surface area (Å²) in [4.78, 5) is 0. The molecule has 0 amide bonds. The van der Waals surface area contributed by atoms with Gasteiger partial charge in [-0.3, -0.25) is 5.43 Å². The third kappa shape index (κ3) is 3.71. The molecule has 0 spiro atoms. The summed E-state index contributed by atoms with van der Waals surface area (Å²) in [5.41, 5.74) is 13.2. The number of nitrogens with zero attached hydrogens (tertiary/aromatic N) is 1. The van der Waals surface area contributed by atoms with Crippen molar-refractivity contribution in [1.82, 2.24) is 0 Å². The maximum absolute atomic E-state index is 6.13. The lowest BCUT2D eigenvalue weighted by Crippen LogP contribution is -2.09. The molecule has 0 radical (unpaired) electrons. The van der Waals surface area contributed by atoms with Gasteiger partial charge in [0.15, 0.2) is 0 Å². The summed E-state index contributed by atoms with van der Waals surface area (Å²) in [6, 6.07) is 25.0. The third-order valence-corrected chi connectivity index (χ3v) is 3.62. The summed E-state index contributed by atoms with van der Waals surface area (Å²) >= 11 is 6.13. The molecule has 0 saturated heterocycles. The van der Waals surface area contributed by atoms with E-state index in [4.69, 9.17) is 17.3 Å². The Bertz CT molecular complexity index is 815. The van der Waals surface area contributed by atoms with Gasteiger partial charge in [0, 0.05) is 21.8 Å². The van der Waals surface area contributed by atoms with Crippen molar-refractivity contribution >= 4 is 28.7 Å². The van der Waals surface area contributed by atoms with Crippen molar-refractivity contribution in [3.05, 3.63) is 95.0 Å². The van der Waals surface area contributed by atoms with Crippen molar-refractivity contribution in [2.45, 2.75) is 0 Å². The van der Waals surface area contributed by atoms with E-state index in [-0.39, 0.29) is 0 Å². The Morgan fingerprint density at radius 1 is 0.870 bits per heavy atom. The van der Waals surface area contributed by atoms with Crippen LogP contribution < -0.4 is 11.2 Å². The first-order chi connectivity index (χ1) is 11.2. The number of hydrogen-bond donors (Lipinski definition) is 2. The molecular formula is C19H16ClN3. The number of nitrogen functional groups attached to an aromatic ring is 1. The number of halogens is 1. The highest BCUT2D eigenvalue weighted by molar-refractivity contribution is 6.31. The van der Waals surface area contributed by atoms with Gasteiger partial charge in [0.05, 0.1) is 11.4 Å². The quantitative estimate of drug-likeness (QED) is 0.412. The fourth-order valence-electron chi connectivity index (χ4n) is 2.24. The minimum absolute atomic E-state index is 0.623. The molecule has 0 fully saturated rings. The van der Waals surface area contributed by atoms with E-state index in [0.717, 1.165) is 22.5 Å². The Morgan fingerprint density at radius 2 is 1.52 bits per heavy atom. The summed E-state index contributed by atoms with van der Waals surface area (Å²) in [5, 5.41) is 5.19. The molecule has 0 bridgehead atoms. The molecule has 3 nitrogen and oxygen atoms in total. The van der Waals surface area contributed by atoms with Gasteiger partial charge in [0.25, 0.3) is 0 Å². The Morgan fingerprint density at radius 3 is 2.22 bits per heavy atom. The Labute approximate surface area is 140 Å². The predicted molar refractivity (Wildman–Crippen MR) is 98.0 cm³/mol. The second-order valence-electron chi connectivity index (χ2n) is 5.04. The Hall–Kier alpha value is -2.78. The molecule has 3 rings (SSSR count). The molecule has 23 heavy (non-hydrogen) atoms. The predicted octanol–water partition coefficient (Wildman–Crippen LogP) is 4.79. The van der Waals surface area contributed by atoms with Crippen LogP contribution >= 0.6 is 11.6 Å². The van der Waals surface area contributed by atoms with Crippen molar-refractivity contribution in [2.24, 2.45) is 5.10 Å². The van der Waals surface area contributed by atoms with E-state index in [1.807, 2.05) is 66.7 Å². The first-order valence-electron chi connectivity index (χ1n) is 7.23. The van der Waals surface area contributed by atoms with Crippen LogP contribution in [0.5, 0.6) is 0 Å². The van der Waals surface area contributed by atoms with Crippen LogP contribution in [0.1, 0.15) is 11.1 Å². The average molecular weight is 322 g/mol. The van der Waals surface area contributed by atoms with Gasteiger partial charge in [-0.05, 0) is 30.3 Å². The summed E-state index contributed by atoms with van der Waals surface area (Å²) in [6.45, 7) is 0. The average Bonchev–Trinajstić information content (AvgIpc) is 2.60. The summed E-state index contributed by atoms with van der Waals surface area (Å²) in [7, 11) is 0. The molecule has 0 aliphatic heterocycles. The number of para-hydroxylation sites is 1. The van der Waals surface area contributed by atoms with Gasteiger partial charge < -0.3 is 5.73 Å². The molecule has 0 saturated carbocycles. The maximum Gasteiger partial charge on any atom is 0.0999 e. The van der Waals surface area contributed by atoms with Crippen LogP contribution in [0.4, 0.5) is 11.4 Å².